The number of carbonyl (C=O) groups excluding carboxylic acids is 1. The second-order valence-electron chi connectivity index (χ2n) is 6.45. The number of halogens is 2. The van der Waals surface area contributed by atoms with Crippen LogP contribution in [0.1, 0.15) is 10.4 Å². The van der Waals surface area contributed by atoms with E-state index in [1.54, 1.807) is 6.07 Å². The molecule has 0 aliphatic carbocycles. The molecule has 6 nitrogen and oxygen atoms in total. The van der Waals surface area contributed by atoms with Crippen LogP contribution in [-0.4, -0.2) is 15.8 Å². The molecule has 0 saturated heterocycles. The zero-order valence-electron chi connectivity index (χ0n) is 15.3. The van der Waals surface area contributed by atoms with Crippen molar-refractivity contribution in [3.05, 3.63) is 98.0 Å². The maximum Gasteiger partial charge on any atom is 0.271 e. The average molecular weight is 483 g/mol. The van der Waals surface area contributed by atoms with Gasteiger partial charge >= 0.3 is 0 Å². The summed E-state index contributed by atoms with van der Waals surface area (Å²) in [7, 11) is 0. The Morgan fingerprint density at radius 3 is 2.47 bits per heavy atom. The third-order valence-electron chi connectivity index (χ3n) is 4.51. The highest BCUT2D eigenvalue weighted by Gasteiger charge is 2.17. The van der Waals surface area contributed by atoms with E-state index in [0.29, 0.717) is 27.8 Å². The van der Waals surface area contributed by atoms with E-state index in [2.05, 4.69) is 26.2 Å². The van der Waals surface area contributed by atoms with Crippen LogP contribution in [0.2, 0.25) is 5.02 Å². The van der Waals surface area contributed by atoms with Gasteiger partial charge in [-0.15, -0.1) is 0 Å². The molecule has 8 heteroatoms. The third-order valence-corrected chi connectivity index (χ3v) is 5.35. The van der Waals surface area contributed by atoms with E-state index in [1.807, 2.05) is 48.5 Å². The second kappa shape index (κ2) is 8.22. The first kappa shape index (κ1) is 20.0. The number of hydrogen-bond donors (Lipinski definition) is 1. The van der Waals surface area contributed by atoms with Gasteiger partial charge in [-0.05, 0) is 30.3 Å². The molecule has 4 aromatic rings. The number of para-hydroxylation sites is 1. The lowest BCUT2D eigenvalue weighted by atomic mass is 10.0. The fourth-order valence-corrected chi connectivity index (χ4v) is 3.53. The predicted octanol–water partition coefficient (Wildman–Crippen LogP) is 6.48. The van der Waals surface area contributed by atoms with Crippen molar-refractivity contribution in [3.8, 4) is 11.3 Å². The number of nitrogens with zero attached hydrogens (tertiary/aromatic N) is 2. The summed E-state index contributed by atoms with van der Waals surface area (Å²) in [6.07, 6.45) is 0. The number of amides is 1. The van der Waals surface area contributed by atoms with Crippen LogP contribution in [-0.2, 0) is 0 Å². The Morgan fingerprint density at radius 2 is 1.77 bits per heavy atom. The summed E-state index contributed by atoms with van der Waals surface area (Å²) in [6, 6.07) is 20.6. The zero-order valence-corrected chi connectivity index (χ0v) is 17.6. The molecule has 0 atom stereocenters. The van der Waals surface area contributed by atoms with E-state index in [9.17, 15) is 14.9 Å². The van der Waals surface area contributed by atoms with E-state index in [1.165, 1.54) is 18.2 Å². The summed E-state index contributed by atoms with van der Waals surface area (Å²) in [5.74, 6) is -0.386. The quantitative estimate of drug-likeness (QED) is 0.266. The van der Waals surface area contributed by atoms with E-state index >= 15 is 0 Å². The highest BCUT2D eigenvalue weighted by Crippen LogP contribution is 2.29. The van der Waals surface area contributed by atoms with Crippen LogP contribution in [0.5, 0.6) is 0 Å². The van der Waals surface area contributed by atoms with Gasteiger partial charge in [-0.1, -0.05) is 57.9 Å². The molecule has 1 amide bonds. The average Bonchev–Trinajstić information content (AvgIpc) is 2.74. The van der Waals surface area contributed by atoms with Gasteiger partial charge in [0.25, 0.3) is 11.6 Å². The summed E-state index contributed by atoms with van der Waals surface area (Å²) in [4.78, 5) is 28.1. The molecule has 0 bridgehead atoms. The number of rotatable bonds is 4. The van der Waals surface area contributed by atoms with Crippen molar-refractivity contribution in [2.24, 2.45) is 0 Å². The van der Waals surface area contributed by atoms with Gasteiger partial charge in [0.05, 0.1) is 32.4 Å². The number of nitro groups is 1. The topological polar surface area (TPSA) is 85.1 Å². The number of nitro benzene ring substituents is 1. The number of fused-ring (bicyclic) bond motifs is 1. The lowest BCUT2D eigenvalue weighted by Crippen LogP contribution is -2.13. The maximum atomic E-state index is 13.1. The Balaban J connectivity index is 1.76. The summed E-state index contributed by atoms with van der Waals surface area (Å²) < 4.78 is 0.942. The molecule has 4 rings (SSSR count). The minimum Gasteiger partial charge on any atom is -0.321 e. The summed E-state index contributed by atoms with van der Waals surface area (Å²) in [6.45, 7) is 0. The van der Waals surface area contributed by atoms with E-state index in [0.717, 1.165) is 10.0 Å². The number of nitrogens with one attached hydrogen (secondary N) is 1. The molecule has 30 heavy (non-hydrogen) atoms. The van der Waals surface area contributed by atoms with Crippen LogP contribution in [0.15, 0.2) is 77.3 Å². The minimum absolute atomic E-state index is 0.0871. The van der Waals surface area contributed by atoms with Crippen LogP contribution in [0.3, 0.4) is 0 Å². The molecule has 0 aliphatic rings. The summed E-state index contributed by atoms with van der Waals surface area (Å²) in [5.41, 5.74) is 2.77. The van der Waals surface area contributed by atoms with Gasteiger partial charge in [0.15, 0.2) is 0 Å². The smallest absolute Gasteiger partial charge is 0.271 e. The van der Waals surface area contributed by atoms with Crippen LogP contribution in [0, 0.1) is 10.1 Å². The van der Waals surface area contributed by atoms with E-state index in [-0.39, 0.29) is 16.6 Å². The Hall–Kier alpha value is -3.29. The van der Waals surface area contributed by atoms with Gasteiger partial charge in [0, 0.05) is 27.6 Å². The molecule has 0 aliphatic heterocycles. The van der Waals surface area contributed by atoms with Gasteiger partial charge in [0.2, 0.25) is 0 Å². The van der Waals surface area contributed by atoms with Crippen molar-refractivity contribution >= 4 is 55.7 Å². The normalized spacial score (nSPS) is 10.7. The standard InChI is InChI=1S/C22H13BrClN3O3/c23-14-7-5-13(6-8-14)21-12-17(16-3-1-2-4-19(16)25-21)22(28)26-20-10-9-15(27(29)30)11-18(20)24/h1-12H,(H,26,28). The van der Waals surface area contributed by atoms with E-state index in [4.69, 9.17) is 11.6 Å². The largest absolute Gasteiger partial charge is 0.321 e. The third kappa shape index (κ3) is 4.03. The van der Waals surface area contributed by atoms with Crippen molar-refractivity contribution < 1.29 is 9.72 Å². The van der Waals surface area contributed by atoms with Crippen LogP contribution < -0.4 is 5.32 Å². The second-order valence-corrected chi connectivity index (χ2v) is 7.78. The number of anilines is 1. The van der Waals surface area contributed by atoms with Crippen molar-refractivity contribution in [2.75, 3.05) is 5.32 Å². The van der Waals surface area contributed by atoms with Crippen LogP contribution in [0.4, 0.5) is 11.4 Å². The lowest BCUT2D eigenvalue weighted by molar-refractivity contribution is -0.384. The molecular formula is C22H13BrClN3O3. The Labute approximate surface area is 184 Å². The number of carbonyl (C=O) groups is 1. The number of pyridine rings is 1. The van der Waals surface area contributed by atoms with Crippen LogP contribution in [0.25, 0.3) is 22.2 Å². The molecule has 0 radical (unpaired) electrons. The van der Waals surface area contributed by atoms with Gasteiger partial charge in [-0.2, -0.15) is 0 Å². The Kier molecular flexibility index (Phi) is 5.48. The van der Waals surface area contributed by atoms with Gasteiger partial charge in [-0.25, -0.2) is 4.98 Å². The zero-order chi connectivity index (χ0) is 21.3. The van der Waals surface area contributed by atoms with Gasteiger partial charge in [0.1, 0.15) is 0 Å². The first-order valence-corrected chi connectivity index (χ1v) is 10.0. The molecule has 0 fully saturated rings. The lowest BCUT2D eigenvalue weighted by Gasteiger charge is -2.11. The first-order chi connectivity index (χ1) is 14.4. The Bertz CT molecular complexity index is 1290. The molecule has 1 heterocycles. The minimum atomic E-state index is -0.543. The van der Waals surface area contributed by atoms with Gasteiger partial charge in [-0.3, -0.25) is 14.9 Å². The fourth-order valence-electron chi connectivity index (χ4n) is 3.04. The molecule has 1 aromatic heterocycles. The fraction of sp³-hybridized carbons (Fsp3) is 0. The first-order valence-electron chi connectivity index (χ1n) is 8.83. The molecular weight excluding hydrogens is 470 g/mol. The number of aromatic nitrogens is 1. The monoisotopic (exact) mass is 481 g/mol. The molecule has 0 spiro atoms. The van der Waals surface area contributed by atoms with Gasteiger partial charge < -0.3 is 5.32 Å². The highest BCUT2D eigenvalue weighted by atomic mass is 79.9. The molecule has 148 valence electrons. The van der Waals surface area contributed by atoms with Crippen molar-refractivity contribution in [1.82, 2.24) is 4.98 Å². The predicted molar refractivity (Wildman–Crippen MR) is 121 cm³/mol. The van der Waals surface area contributed by atoms with Crippen molar-refractivity contribution in [3.63, 3.8) is 0 Å². The number of benzene rings is 3. The van der Waals surface area contributed by atoms with Crippen LogP contribution >= 0.6 is 27.5 Å². The maximum absolute atomic E-state index is 13.1. The summed E-state index contributed by atoms with van der Waals surface area (Å²) in [5, 5.41) is 14.4. The van der Waals surface area contributed by atoms with E-state index < -0.39 is 4.92 Å². The number of hydrogen-bond acceptors (Lipinski definition) is 4. The molecule has 0 unspecified atom stereocenters. The molecule has 3 aromatic carbocycles. The highest BCUT2D eigenvalue weighted by molar-refractivity contribution is 9.10. The van der Waals surface area contributed by atoms with Crippen molar-refractivity contribution in [1.29, 1.82) is 0 Å². The molecule has 1 N–H and O–H groups in total. The SMILES string of the molecule is O=C(Nc1ccc([N+](=O)[O-])cc1Cl)c1cc(-c2ccc(Br)cc2)nc2ccccc12. The Morgan fingerprint density at radius 1 is 1.03 bits per heavy atom. The van der Waals surface area contributed by atoms with Crippen molar-refractivity contribution in [2.45, 2.75) is 0 Å². The number of non-ortho nitro benzene ring substituents is 1. The summed E-state index contributed by atoms with van der Waals surface area (Å²) >= 11 is 9.54. The molecule has 0 saturated carbocycles.